The van der Waals surface area contributed by atoms with Crippen molar-refractivity contribution in [2.75, 3.05) is 0 Å². The van der Waals surface area contributed by atoms with E-state index in [9.17, 15) is 0 Å². The summed E-state index contributed by atoms with van der Waals surface area (Å²) in [6.45, 7) is 3.88. The van der Waals surface area contributed by atoms with Gasteiger partial charge in [-0.2, -0.15) is 9.78 Å². The van der Waals surface area contributed by atoms with Gasteiger partial charge in [0, 0.05) is 7.05 Å². The van der Waals surface area contributed by atoms with E-state index in [4.69, 9.17) is 11.6 Å². The molecule has 1 unspecified atom stereocenters. The molecule has 1 atom stereocenters. The summed E-state index contributed by atoms with van der Waals surface area (Å²) in [6.07, 6.45) is 2.71. The molecule has 0 saturated heterocycles. The lowest BCUT2D eigenvalue weighted by molar-refractivity contribution is 0.746. The van der Waals surface area contributed by atoms with Crippen LogP contribution in [0.5, 0.6) is 0 Å². The Kier molecular flexibility index (Phi) is 2.91. The second kappa shape index (κ2) is 4.21. The predicted octanol–water partition coefficient (Wildman–Crippen LogP) is 1.26. The van der Waals surface area contributed by atoms with Crippen molar-refractivity contribution < 1.29 is 0 Å². The van der Waals surface area contributed by atoms with Crippen molar-refractivity contribution in [3.05, 3.63) is 17.7 Å². The smallest absolute Gasteiger partial charge is 0.174 e. The highest BCUT2D eigenvalue weighted by Gasteiger charge is 2.17. The average molecular weight is 241 g/mol. The maximum absolute atomic E-state index is 6.01. The largest absolute Gasteiger partial charge is 0.273 e. The molecule has 0 aliphatic heterocycles. The van der Waals surface area contributed by atoms with Crippen LogP contribution in [0.4, 0.5) is 0 Å². The minimum atomic E-state index is -0.236. The van der Waals surface area contributed by atoms with Crippen LogP contribution in [0.15, 0.2) is 6.20 Å². The van der Waals surface area contributed by atoms with Crippen molar-refractivity contribution in [1.29, 1.82) is 0 Å². The van der Waals surface area contributed by atoms with Gasteiger partial charge in [-0.15, -0.1) is 16.7 Å². The lowest BCUT2D eigenvalue weighted by Crippen LogP contribution is -2.05. The van der Waals surface area contributed by atoms with Crippen LogP contribution in [-0.4, -0.2) is 30.0 Å². The zero-order valence-corrected chi connectivity index (χ0v) is 10.2. The Balaban J connectivity index is 2.53. The molecule has 0 spiro atoms. The Morgan fingerprint density at radius 2 is 2.25 bits per heavy atom. The number of tetrazole rings is 1. The van der Waals surface area contributed by atoms with E-state index in [0.29, 0.717) is 5.82 Å². The highest BCUT2D eigenvalue weighted by molar-refractivity contribution is 6.20. The highest BCUT2D eigenvalue weighted by atomic mass is 35.5. The van der Waals surface area contributed by atoms with Gasteiger partial charge < -0.3 is 0 Å². The molecule has 0 amide bonds. The van der Waals surface area contributed by atoms with E-state index in [1.165, 1.54) is 0 Å². The summed E-state index contributed by atoms with van der Waals surface area (Å²) in [5, 5.41) is 15.6. The quantitative estimate of drug-likeness (QED) is 0.758. The normalized spacial score (nSPS) is 13.0. The van der Waals surface area contributed by atoms with Crippen LogP contribution in [0.3, 0.4) is 0 Å². The summed E-state index contributed by atoms with van der Waals surface area (Å²) in [6, 6.07) is 0. The minimum Gasteiger partial charge on any atom is -0.273 e. The molecule has 0 radical (unpaired) electrons. The third-order valence-corrected chi connectivity index (χ3v) is 2.49. The molecule has 0 bridgehead atoms. The molecule has 0 aliphatic rings. The maximum atomic E-state index is 6.01. The maximum Gasteiger partial charge on any atom is 0.174 e. The third-order valence-electron chi connectivity index (χ3n) is 2.30. The van der Waals surface area contributed by atoms with Crippen molar-refractivity contribution in [2.45, 2.75) is 25.6 Å². The van der Waals surface area contributed by atoms with Gasteiger partial charge in [-0.3, -0.25) is 4.68 Å². The number of hydrogen-bond acceptors (Lipinski definition) is 4. The SMILES string of the molecule is CCc1nn(C)cc1-n1nnnc1C(C)Cl. The van der Waals surface area contributed by atoms with Crippen molar-refractivity contribution in [3.63, 3.8) is 0 Å². The molecule has 16 heavy (non-hydrogen) atoms. The molecule has 6 nitrogen and oxygen atoms in total. The fraction of sp³-hybridized carbons (Fsp3) is 0.556. The van der Waals surface area contributed by atoms with Crippen LogP contribution in [0.2, 0.25) is 0 Å². The van der Waals surface area contributed by atoms with Crippen molar-refractivity contribution in [2.24, 2.45) is 7.05 Å². The zero-order valence-electron chi connectivity index (χ0n) is 9.42. The van der Waals surface area contributed by atoms with E-state index < -0.39 is 0 Å². The number of aromatic nitrogens is 6. The number of rotatable bonds is 3. The monoisotopic (exact) mass is 240 g/mol. The minimum absolute atomic E-state index is 0.236. The van der Waals surface area contributed by atoms with Crippen molar-refractivity contribution in [3.8, 4) is 5.69 Å². The van der Waals surface area contributed by atoms with Gasteiger partial charge in [0.05, 0.1) is 17.3 Å². The van der Waals surface area contributed by atoms with Gasteiger partial charge in [0.25, 0.3) is 0 Å². The zero-order chi connectivity index (χ0) is 11.7. The number of nitrogens with zero attached hydrogens (tertiary/aromatic N) is 6. The topological polar surface area (TPSA) is 61.4 Å². The van der Waals surface area contributed by atoms with Gasteiger partial charge in [-0.1, -0.05) is 6.92 Å². The van der Waals surface area contributed by atoms with Gasteiger partial charge in [-0.05, 0) is 23.8 Å². The first kappa shape index (κ1) is 11.1. The molecule has 86 valence electrons. The lowest BCUT2D eigenvalue weighted by Gasteiger charge is -2.04. The fourth-order valence-corrected chi connectivity index (χ4v) is 1.70. The number of halogens is 1. The first-order chi connectivity index (χ1) is 7.63. The van der Waals surface area contributed by atoms with Crippen molar-refractivity contribution >= 4 is 11.6 Å². The van der Waals surface area contributed by atoms with Crippen LogP contribution >= 0.6 is 11.6 Å². The Labute approximate surface area is 98.2 Å². The standard InChI is InChI=1S/C9H13ClN6/c1-4-7-8(5-15(3)12-7)16-9(6(2)10)11-13-14-16/h5-6H,4H2,1-3H3. The van der Waals surface area contributed by atoms with Crippen LogP contribution < -0.4 is 0 Å². The van der Waals surface area contributed by atoms with Gasteiger partial charge in [0.2, 0.25) is 0 Å². The van der Waals surface area contributed by atoms with Gasteiger partial charge in [-0.25, -0.2) is 0 Å². The second-order valence-corrected chi connectivity index (χ2v) is 4.21. The van der Waals surface area contributed by atoms with Crippen molar-refractivity contribution in [1.82, 2.24) is 30.0 Å². The van der Waals surface area contributed by atoms with Gasteiger partial charge in [0.1, 0.15) is 5.69 Å². The summed E-state index contributed by atoms with van der Waals surface area (Å²) in [5.74, 6) is 0.629. The molecule has 2 aromatic heterocycles. The molecule has 0 aromatic carbocycles. The Hall–Kier alpha value is -1.43. The number of aryl methyl sites for hydroxylation is 2. The Bertz CT molecular complexity index is 486. The number of alkyl halides is 1. The fourth-order valence-electron chi connectivity index (χ4n) is 1.56. The van der Waals surface area contributed by atoms with E-state index in [1.807, 2.05) is 27.1 Å². The average Bonchev–Trinajstić information content (AvgIpc) is 2.82. The summed E-state index contributed by atoms with van der Waals surface area (Å²) in [7, 11) is 1.87. The second-order valence-electron chi connectivity index (χ2n) is 3.55. The molecule has 0 fully saturated rings. The first-order valence-corrected chi connectivity index (χ1v) is 5.52. The van der Waals surface area contributed by atoms with E-state index in [0.717, 1.165) is 17.8 Å². The first-order valence-electron chi connectivity index (χ1n) is 5.08. The summed E-state index contributed by atoms with van der Waals surface area (Å²) >= 11 is 6.01. The van der Waals surface area contributed by atoms with E-state index in [1.54, 1.807) is 9.36 Å². The molecule has 0 saturated carbocycles. The summed E-state index contributed by atoms with van der Waals surface area (Å²) in [4.78, 5) is 0. The van der Waals surface area contributed by atoms with Crippen LogP contribution in [-0.2, 0) is 13.5 Å². The molecule has 0 aliphatic carbocycles. The Morgan fingerprint density at radius 3 is 2.88 bits per heavy atom. The summed E-state index contributed by atoms with van der Waals surface area (Å²) in [5.41, 5.74) is 1.84. The van der Waals surface area contributed by atoms with Crippen LogP contribution in [0, 0.1) is 0 Å². The molecule has 2 aromatic rings. The highest BCUT2D eigenvalue weighted by Crippen LogP contribution is 2.20. The van der Waals surface area contributed by atoms with Crippen LogP contribution in [0.1, 0.15) is 30.7 Å². The molecular weight excluding hydrogens is 228 g/mol. The molecule has 2 heterocycles. The lowest BCUT2D eigenvalue weighted by atomic mass is 10.3. The molecule has 7 heteroatoms. The predicted molar refractivity (Wildman–Crippen MR) is 59.6 cm³/mol. The van der Waals surface area contributed by atoms with E-state index >= 15 is 0 Å². The van der Waals surface area contributed by atoms with E-state index in [-0.39, 0.29) is 5.38 Å². The summed E-state index contributed by atoms with van der Waals surface area (Å²) < 4.78 is 3.39. The molecule has 0 N–H and O–H groups in total. The molecule has 2 rings (SSSR count). The molecular formula is C9H13ClN6. The van der Waals surface area contributed by atoms with Gasteiger partial charge in [0.15, 0.2) is 5.82 Å². The Morgan fingerprint density at radius 1 is 1.50 bits per heavy atom. The van der Waals surface area contributed by atoms with Crippen LogP contribution in [0.25, 0.3) is 5.69 Å². The van der Waals surface area contributed by atoms with Gasteiger partial charge >= 0.3 is 0 Å². The third kappa shape index (κ3) is 1.80. The van der Waals surface area contributed by atoms with E-state index in [2.05, 4.69) is 20.6 Å². The number of hydrogen-bond donors (Lipinski definition) is 0.